The van der Waals surface area contributed by atoms with Crippen LogP contribution < -0.4 is 0 Å². The molecule has 1 heteroatoms. The van der Waals surface area contributed by atoms with Crippen LogP contribution in [-0.2, 0) is 6.42 Å². The summed E-state index contributed by atoms with van der Waals surface area (Å²) >= 11 is 0. The van der Waals surface area contributed by atoms with E-state index in [1.165, 1.54) is 37.7 Å². The monoisotopic (exact) mass is 176 g/mol. The van der Waals surface area contributed by atoms with Crippen LogP contribution in [-0.4, -0.2) is 5.11 Å². The van der Waals surface area contributed by atoms with Crippen LogP contribution in [0.4, 0.5) is 0 Å². The molecule has 1 nitrogen and oxygen atoms in total. The number of benzene rings is 1. The molecule has 13 heavy (non-hydrogen) atoms. The Morgan fingerprint density at radius 3 is 2.31 bits per heavy atom. The lowest BCUT2D eigenvalue weighted by Crippen LogP contribution is -1.97. The molecule has 0 aromatic heterocycles. The molecule has 1 aliphatic rings. The SMILES string of the molecule is Oc1ccc(CC2CCCC2)cc1. The second-order valence-corrected chi connectivity index (χ2v) is 4.02. The van der Waals surface area contributed by atoms with Crippen LogP contribution in [0.25, 0.3) is 0 Å². The van der Waals surface area contributed by atoms with Gasteiger partial charge in [-0.05, 0) is 30.0 Å². The molecular weight excluding hydrogens is 160 g/mol. The Bertz CT molecular complexity index is 257. The number of hydrogen-bond acceptors (Lipinski definition) is 1. The van der Waals surface area contributed by atoms with Crippen LogP contribution in [0.1, 0.15) is 31.2 Å². The highest BCUT2D eigenvalue weighted by atomic mass is 16.3. The van der Waals surface area contributed by atoms with Crippen molar-refractivity contribution in [3.63, 3.8) is 0 Å². The first-order valence-electron chi connectivity index (χ1n) is 5.12. The maximum Gasteiger partial charge on any atom is 0.115 e. The average Bonchev–Trinajstić information content (AvgIpc) is 2.62. The van der Waals surface area contributed by atoms with E-state index < -0.39 is 0 Å². The van der Waals surface area contributed by atoms with Crippen LogP contribution in [0.5, 0.6) is 5.75 Å². The van der Waals surface area contributed by atoms with Gasteiger partial charge in [0.1, 0.15) is 5.75 Å². The summed E-state index contributed by atoms with van der Waals surface area (Å²) in [5, 5.41) is 9.12. The van der Waals surface area contributed by atoms with E-state index in [0.717, 1.165) is 5.92 Å². The third-order valence-electron chi connectivity index (χ3n) is 2.94. The van der Waals surface area contributed by atoms with Gasteiger partial charge in [-0.1, -0.05) is 37.8 Å². The molecule has 0 unspecified atom stereocenters. The topological polar surface area (TPSA) is 20.2 Å². The number of aromatic hydroxyl groups is 1. The summed E-state index contributed by atoms with van der Waals surface area (Å²) in [4.78, 5) is 0. The molecule has 1 fully saturated rings. The molecule has 0 atom stereocenters. The molecule has 0 bridgehead atoms. The van der Waals surface area contributed by atoms with Crippen LogP contribution in [0, 0.1) is 5.92 Å². The highest BCUT2D eigenvalue weighted by molar-refractivity contribution is 5.26. The van der Waals surface area contributed by atoms with Crippen molar-refractivity contribution in [2.75, 3.05) is 0 Å². The maximum atomic E-state index is 9.12. The van der Waals surface area contributed by atoms with E-state index in [4.69, 9.17) is 5.11 Å². The maximum absolute atomic E-state index is 9.12. The van der Waals surface area contributed by atoms with Crippen LogP contribution >= 0.6 is 0 Å². The van der Waals surface area contributed by atoms with Gasteiger partial charge in [0, 0.05) is 0 Å². The zero-order chi connectivity index (χ0) is 9.10. The van der Waals surface area contributed by atoms with Crippen molar-refractivity contribution >= 4 is 0 Å². The predicted molar refractivity (Wildman–Crippen MR) is 53.8 cm³/mol. The van der Waals surface area contributed by atoms with Crippen molar-refractivity contribution in [1.29, 1.82) is 0 Å². The highest BCUT2D eigenvalue weighted by Gasteiger charge is 2.14. The van der Waals surface area contributed by atoms with Crippen molar-refractivity contribution in [2.24, 2.45) is 5.92 Å². The first-order valence-corrected chi connectivity index (χ1v) is 5.12. The summed E-state index contributed by atoms with van der Waals surface area (Å²) in [6.45, 7) is 0. The van der Waals surface area contributed by atoms with Gasteiger partial charge in [-0.2, -0.15) is 0 Å². The van der Waals surface area contributed by atoms with Crippen molar-refractivity contribution in [2.45, 2.75) is 32.1 Å². The van der Waals surface area contributed by atoms with E-state index in [9.17, 15) is 0 Å². The largest absolute Gasteiger partial charge is 0.508 e. The molecule has 70 valence electrons. The van der Waals surface area contributed by atoms with Gasteiger partial charge in [-0.25, -0.2) is 0 Å². The van der Waals surface area contributed by atoms with Crippen LogP contribution in [0.15, 0.2) is 24.3 Å². The van der Waals surface area contributed by atoms with Crippen LogP contribution in [0.3, 0.4) is 0 Å². The molecule has 1 aromatic rings. The van der Waals surface area contributed by atoms with E-state index in [0.29, 0.717) is 5.75 Å². The van der Waals surface area contributed by atoms with E-state index in [1.807, 2.05) is 12.1 Å². The van der Waals surface area contributed by atoms with Crippen LogP contribution in [0.2, 0.25) is 0 Å². The summed E-state index contributed by atoms with van der Waals surface area (Å²) in [6.07, 6.45) is 6.79. The Balaban J connectivity index is 1.97. The molecular formula is C12H16O. The lowest BCUT2D eigenvalue weighted by atomic mass is 9.98. The molecule has 0 spiro atoms. The molecule has 1 aromatic carbocycles. The Morgan fingerprint density at radius 1 is 1.08 bits per heavy atom. The van der Waals surface area contributed by atoms with E-state index >= 15 is 0 Å². The minimum absolute atomic E-state index is 0.371. The van der Waals surface area contributed by atoms with Crippen molar-refractivity contribution in [1.82, 2.24) is 0 Å². The van der Waals surface area contributed by atoms with Crippen molar-refractivity contribution in [3.05, 3.63) is 29.8 Å². The van der Waals surface area contributed by atoms with Gasteiger partial charge in [-0.15, -0.1) is 0 Å². The number of phenols is 1. The standard InChI is InChI=1S/C12H16O/c13-12-7-5-11(6-8-12)9-10-3-1-2-4-10/h5-8,10,13H,1-4,9H2. The van der Waals surface area contributed by atoms with Gasteiger partial charge in [0.15, 0.2) is 0 Å². The summed E-state index contributed by atoms with van der Waals surface area (Å²) in [6, 6.07) is 7.63. The molecule has 0 amide bonds. The predicted octanol–water partition coefficient (Wildman–Crippen LogP) is 3.12. The lowest BCUT2D eigenvalue weighted by molar-refractivity contribution is 0.474. The van der Waals surface area contributed by atoms with Crippen molar-refractivity contribution < 1.29 is 5.11 Å². The van der Waals surface area contributed by atoms with Gasteiger partial charge in [0.05, 0.1) is 0 Å². The molecule has 0 heterocycles. The molecule has 2 rings (SSSR count). The Hall–Kier alpha value is -0.980. The quantitative estimate of drug-likeness (QED) is 0.734. The minimum atomic E-state index is 0.371. The van der Waals surface area contributed by atoms with Gasteiger partial charge >= 0.3 is 0 Å². The van der Waals surface area contributed by atoms with Gasteiger partial charge in [-0.3, -0.25) is 0 Å². The second-order valence-electron chi connectivity index (χ2n) is 4.02. The smallest absolute Gasteiger partial charge is 0.115 e. The lowest BCUT2D eigenvalue weighted by Gasteiger charge is -2.08. The molecule has 0 aliphatic heterocycles. The Morgan fingerprint density at radius 2 is 1.69 bits per heavy atom. The van der Waals surface area contributed by atoms with Gasteiger partial charge < -0.3 is 5.11 Å². The zero-order valence-corrected chi connectivity index (χ0v) is 7.87. The fourth-order valence-electron chi connectivity index (χ4n) is 2.18. The summed E-state index contributed by atoms with van der Waals surface area (Å²) in [5.41, 5.74) is 1.37. The van der Waals surface area contributed by atoms with E-state index in [2.05, 4.69) is 0 Å². The molecule has 0 saturated heterocycles. The summed E-state index contributed by atoms with van der Waals surface area (Å²) in [7, 11) is 0. The molecule has 1 saturated carbocycles. The third-order valence-corrected chi connectivity index (χ3v) is 2.94. The van der Waals surface area contributed by atoms with Crippen molar-refractivity contribution in [3.8, 4) is 5.75 Å². The fraction of sp³-hybridized carbons (Fsp3) is 0.500. The first kappa shape index (κ1) is 8.61. The Labute approximate surface area is 79.4 Å². The zero-order valence-electron chi connectivity index (χ0n) is 7.87. The average molecular weight is 176 g/mol. The number of hydrogen-bond donors (Lipinski definition) is 1. The van der Waals surface area contributed by atoms with E-state index in [1.54, 1.807) is 12.1 Å². The van der Waals surface area contributed by atoms with E-state index in [-0.39, 0.29) is 0 Å². The Kier molecular flexibility index (Phi) is 2.53. The number of rotatable bonds is 2. The normalized spacial score (nSPS) is 17.8. The molecule has 0 radical (unpaired) electrons. The number of phenolic OH excluding ortho intramolecular Hbond substituents is 1. The summed E-state index contributed by atoms with van der Waals surface area (Å²) in [5.74, 6) is 1.26. The molecule has 1 aliphatic carbocycles. The minimum Gasteiger partial charge on any atom is -0.508 e. The molecule has 1 N–H and O–H groups in total. The highest BCUT2D eigenvalue weighted by Crippen LogP contribution is 2.28. The summed E-state index contributed by atoms with van der Waals surface area (Å²) < 4.78 is 0. The first-order chi connectivity index (χ1) is 6.34. The second kappa shape index (κ2) is 3.82. The van der Waals surface area contributed by atoms with Gasteiger partial charge in [0.2, 0.25) is 0 Å². The van der Waals surface area contributed by atoms with Gasteiger partial charge in [0.25, 0.3) is 0 Å². The third kappa shape index (κ3) is 2.24. The fourth-order valence-corrected chi connectivity index (χ4v) is 2.18.